The van der Waals surface area contributed by atoms with Crippen molar-refractivity contribution in [3.8, 4) is 0 Å². The highest BCUT2D eigenvalue weighted by Gasteiger charge is 2.14. The number of amides is 1. The summed E-state index contributed by atoms with van der Waals surface area (Å²) in [5, 5.41) is 10.5. The Morgan fingerprint density at radius 1 is 1.38 bits per heavy atom. The maximum atomic E-state index is 11.8. The van der Waals surface area contributed by atoms with Crippen molar-refractivity contribution >= 4 is 17.4 Å². The number of hydrogen-bond donors (Lipinski definition) is 2. The van der Waals surface area contributed by atoms with Gasteiger partial charge in [0.2, 0.25) is 0 Å². The number of nitrogen functional groups attached to an aromatic ring is 1. The smallest absolute Gasteiger partial charge is 0.261 e. The van der Waals surface area contributed by atoms with Gasteiger partial charge in [0.15, 0.2) is 0 Å². The van der Waals surface area contributed by atoms with Crippen LogP contribution in [0.3, 0.4) is 0 Å². The molecule has 1 amide bonds. The first kappa shape index (κ1) is 10.2. The Hall–Kier alpha value is -2.31. The number of hydrogen-bond acceptors (Lipinski definition) is 4. The first-order valence-corrected chi connectivity index (χ1v) is 4.65. The molecular weight excluding hydrogens is 208 g/mol. The SMILES string of the molecule is Cn1cc(NC(=O)c2cnn(C)c2N)cn1. The molecule has 2 aromatic heterocycles. The van der Waals surface area contributed by atoms with Gasteiger partial charge in [0.1, 0.15) is 11.4 Å². The van der Waals surface area contributed by atoms with E-state index in [0.717, 1.165) is 0 Å². The second-order valence-corrected chi connectivity index (χ2v) is 3.42. The Morgan fingerprint density at radius 3 is 2.62 bits per heavy atom. The number of aromatic nitrogens is 4. The van der Waals surface area contributed by atoms with Crippen LogP contribution >= 0.6 is 0 Å². The van der Waals surface area contributed by atoms with Gasteiger partial charge in [-0.2, -0.15) is 10.2 Å². The van der Waals surface area contributed by atoms with Crippen molar-refractivity contribution in [2.75, 3.05) is 11.1 Å². The molecule has 7 heteroatoms. The van der Waals surface area contributed by atoms with E-state index in [1.54, 1.807) is 31.2 Å². The lowest BCUT2D eigenvalue weighted by Gasteiger charge is -2.01. The zero-order valence-electron chi connectivity index (χ0n) is 9.01. The molecule has 0 aromatic carbocycles. The molecule has 0 fully saturated rings. The molecule has 0 spiro atoms. The molecule has 0 saturated carbocycles. The van der Waals surface area contributed by atoms with E-state index in [1.165, 1.54) is 10.9 Å². The maximum absolute atomic E-state index is 11.8. The lowest BCUT2D eigenvalue weighted by molar-refractivity contribution is 0.102. The van der Waals surface area contributed by atoms with Gasteiger partial charge >= 0.3 is 0 Å². The second-order valence-electron chi connectivity index (χ2n) is 3.42. The fourth-order valence-electron chi connectivity index (χ4n) is 1.31. The Labute approximate surface area is 91.8 Å². The number of nitrogens with zero attached hydrogens (tertiary/aromatic N) is 4. The summed E-state index contributed by atoms with van der Waals surface area (Å²) in [7, 11) is 3.45. The van der Waals surface area contributed by atoms with Gasteiger partial charge in [-0.25, -0.2) is 0 Å². The minimum atomic E-state index is -0.293. The van der Waals surface area contributed by atoms with Gasteiger partial charge in [0, 0.05) is 20.3 Å². The van der Waals surface area contributed by atoms with E-state index in [2.05, 4.69) is 15.5 Å². The Balaban J connectivity index is 2.18. The van der Waals surface area contributed by atoms with Gasteiger partial charge in [-0.1, -0.05) is 0 Å². The quantitative estimate of drug-likeness (QED) is 0.744. The van der Waals surface area contributed by atoms with Crippen LogP contribution in [-0.4, -0.2) is 25.5 Å². The van der Waals surface area contributed by atoms with Crippen molar-refractivity contribution in [2.45, 2.75) is 0 Å². The third-order valence-electron chi connectivity index (χ3n) is 2.19. The lowest BCUT2D eigenvalue weighted by Crippen LogP contribution is -2.13. The largest absolute Gasteiger partial charge is 0.383 e. The van der Waals surface area contributed by atoms with Crippen molar-refractivity contribution in [1.29, 1.82) is 0 Å². The number of aryl methyl sites for hydroxylation is 2. The van der Waals surface area contributed by atoms with Crippen molar-refractivity contribution in [2.24, 2.45) is 14.1 Å². The molecule has 7 nitrogen and oxygen atoms in total. The summed E-state index contributed by atoms with van der Waals surface area (Å²) >= 11 is 0. The molecule has 2 rings (SSSR count). The summed E-state index contributed by atoms with van der Waals surface area (Å²) in [4.78, 5) is 11.8. The molecule has 2 aromatic rings. The summed E-state index contributed by atoms with van der Waals surface area (Å²) in [6, 6.07) is 0. The minimum Gasteiger partial charge on any atom is -0.383 e. The van der Waals surface area contributed by atoms with E-state index in [0.29, 0.717) is 17.1 Å². The Kier molecular flexibility index (Phi) is 2.35. The fraction of sp³-hybridized carbons (Fsp3) is 0.222. The summed E-state index contributed by atoms with van der Waals surface area (Å²) in [6.07, 6.45) is 4.69. The Bertz CT molecular complexity index is 526. The average Bonchev–Trinajstić information content (AvgIpc) is 2.76. The van der Waals surface area contributed by atoms with Gasteiger partial charge in [0.05, 0.1) is 18.1 Å². The molecule has 0 bridgehead atoms. The van der Waals surface area contributed by atoms with Crippen LogP contribution in [0.1, 0.15) is 10.4 Å². The topological polar surface area (TPSA) is 90.8 Å². The van der Waals surface area contributed by atoms with Gasteiger partial charge in [-0.15, -0.1) is 0 Å². The summed E-state index contributed by atoms with van der Waals surface area (Å²) in [5.74, 6) is 0.0417. The third-order valence-corrected chi connectivity index (χ3v) is 2.19. The molecule has 3 N–H and O–H groups in total. The first-order valence-electron chi connectivity index (χ1n) is 4.65. The average molecular weight is 220 g/mol. The number of nitrogens with one attached hydrogen (secondary N) is 1. The fourth-order valence-corrected chi connectivity index (χ4v) is 1.31. The van der Waals surface area contributed by atoms with Crippen LogP contribution in [0.5, 0.6) is 0 Å². The number of carbonyl (C=O) groups excluding carboxylic acids is 1. The number of nitrogens with two attached hydrogens (primary N) is 1. The summed E-state index contributed by atoms with van der Waals surface area (Å²) in [6.45, 7) is 0. The predicted octanol–water partition coefficient (Wildman–Crippen LogP) is -0.0119. The molecule has 0 aliphatic rings. The Morgan fingerprint density at radius 2 is 2.12 bits per heavy atom. The van der Waals surface area contributed by atoms with E-state index >= 15 is 0 Å². The molecule has 16 heavy (non-hydrogen) atoms. The van der Waals surface area contributed by atoms with Gasteiger partial charge in [-0.05, 0) is 0 Å². The van der Waals surface area contributed by atoms with Crippen molar-refractivity contribution in [1.82, 2.24) is 19.6 Å². The zero-order valence-corrected chi connectivity index (χ0v) is 9.01. The van der Waals surface area contributed by atoms with E-state index in [9.17, 15) is 4.79 Å². The molecule has 2 heterocycles. The molecule has 84 valence electrons. The van der Waals surface area contributed by atoms with Crippen LogP contribution in [0, 0.1) is 0 Å². The summed E-state index contributed by atoms with van der Waals surface area (Å²) < 4.78 is 3.04. The van der Waals surface area contributed by atoms with Gasteiger partial charge in [0.25, 0.3) is 5.91 Å². The molecular formula is C9H12N6O. The standard InChI is InChI=1S/C9H12N6O/c1-14-5-6(3-11-14)13-9(16)7-4-12-15(2)8(7)10/h3-5H,10H2,1-2H3,(H,13,16). The van der Waals surface area contributed by atoms with E-state index < -0.39 is 0 Å². The number of carbonyl (C=O) groups is 1. The number of anilines is 2. The predicted molar refractivity (Wildman–Crippen MR) is 58.8 cm³/mol. The molecule has 0 atom stereocenters. The highest BCUT2D eigenvalue weighted by atomic mass is 16.1. The molecule has 0 saturated heterocycles. The van der Waals surface area contributed by atoms with Gasteiger partial charge < -0.3 is 11.1 Å². The van der Waals surface area contributed by atoms with Crippen LogP contribution in [0.4, 0.5) is 11.5 Å². The summed E-state index contributed by atoms with van der Waals surface area (Å²) in [5.41, 5.74) is 6.66. The lowest BCUT2D eigenvalue weighted by atomic mass is 10.3. The van der Waals surface area contributed by atoms with Crippen molar-refractivity contribution in [3.05, 3.63) is 24.2 Å². The molecule has 0 unspecified atom stereocenters. The first-order chi connectivity index (χ1) is 7.58. The van der Waals surface area contributed by atoms with Gasteiger partial charge in [-0.3, -0.25) is 14.2 Å². The van der Waals surface area contributed by atoms with Crippen LogP contribution in [0.15, 0.2) is 18.6 Å². The highest BCUT2D eigenvalue weighted by molar-refractivity contribution is 6.06. The van der Waals surface area contributed by atoms with Crippen LogP contribution in [-0.2, 0) is 14.1 Å². The van der Waals surface area contributed by atoms with E-state index in [1.807, 2.05) is 0 Å². The molecule has 0 aliphatic carbocycles. The van der Waals surface area contributed by atoms with Crippen LogP contribution < -0.4 is 11.1 Å². The third kappa shape index (κ3) is 1.74. The maximum Gasteiger partial charge on any atom is 0.261 e. The van der Waals surface area contributed by atoms with Crippen LogP contribution in [0.25, 0.3) is 0 Å². The van der Waals surface area contributed by atoms with Crippen molar-refractivity contribution < 1.29 is 4.79 Å². The van der Waals surface area contributed by atoms with E-state index in [-0.39, 0.29) is 5.91 Å². The molecule has 0 aliphatic heterocycles. The van der Waals surface area contributed by atoms with Crippen LogP contribution in [0.2, 0.25) is 0 Å². The monoisotopic (exact) mass is 220 g/mol. The normalized spacial score (nSPS) is 10.4. The second kappa shape index (κ2) is 3.69. The molecule has 0 radical (unpaired) electrons. The van der Waals surface area contributed by atoms with Crippen molar-refractivity contribution in [3.63, 3.8) is 0 Å². The number of rotatable bonds is 2. The van der Waals surface area contributed by atoms with E-state index in [4.69, 9.17) is 5.73 Å². The minimum absolute atomic E-state index is 0.293. The zero-order chi connectivity index (χ0) is 11.7. The highest BCUT2D eigenvalue weighted by Crippen LogP contribution is 2.12.